The van der Waals surface area contributed by atoms with Crippen LogP contribution >= 0.6 is 0 Å². The van der Waals surface area contributed by atoms with E-state index < -0.39 is 0 Å². The summed E-state index contributed by atoms with van der Waals surface area (Å²) in [6, 6.07) is 2.32. The topological polar surface area (TPSA) is 59.1 Å². The molecule has 1 aromatic rings. The van der Waals surface area contributed by atoms with Gasteiger partial charge in [-0.1, -0.05) is 0 Å². The van der Waals surface area contributed by atoms with Crippen LogP contribution in [0.1, 0.15) is 12.1 Å². The highest BCUT2D eigenvalue weighted by Crippen LogP contribution is 2.03. The summed E-state index contributed by atoms with van der Waals surface area (Å²) in [5.74, 6) is 5.51. The fourth-order valence-corrected chi connectivity index (χ4v) is 1.48. The van der Waals surface area contributed by atoms with Crippen LogP contribution < -0.4 is 11.3 Å². The molecule has 0 aliphatic carbocycles. The minimum atomic E-state index is 0.294. The van der Waals surface area contributed by atoms with E-state index >= 15 is 0 Å². The van der Waals surface area contributed by atoms with Crippen molar-refractivity contribution in [1.82, 2.24) is 20.1 Å². The number of rotatable bonds is 6. The highest BCUT2D eigenvalue weighted by atomic mass is 15.3. The Morgan fingerprint density at radius 3 is 2.80 bits per heavy atom. The predicted octanol–water partition coefficient (Wildman–Crippen LogP) is -0.254. The summed E-state index contributed by atoms with van der Waals surface area (Å²) in [5, 5.41) is 4.33. The van der Waals surface area contributed by atoms with E-state index in [-0.39, 0.29) is 0 Å². The normalized spacial score (nSPS) is 13.4. The van der Waals surface area contributed by atoms with Crippen LogP contribution in [0.2, 0.25) is 0 Å². The van der Waals surface area contributed by atoms with Crippen molar-refractivity contribution < 1.29 is 0 Å². The Hall–Kier alpha value is -0.910. The van der Waals surface area contributed by atoms with E-state index in [2.05, 4.69) is 29.5 Å². The monoisotopic (exact) mass is 211 g/mol. The van der Waals surface area contributed by atoms with Gasteiger partial charge in [0.05, 0.1) is 5.69 Å². The molecule has 0 bridgehead atoms. The Labute approximate surface area is 91.2 Å². The first-order valence-electron chi connectivity index (χ1n) is 5.21. The van der Waals surface area contributed by atoms with Gasteiger partial charge in [0.15, 0.2) is 0 Å². The second-order valence-corrected chi connectivity index (χ2v) is 4.14. The Bertz CT molecular complexity index is 281. The summed E-state index contributed by atoms with van der Waals surface area (Å²) < 4.78 is 1.81. The molecule has 0 saturated heterocycles. The molecule has 1 rings (SSSR count). The fraction of sp³-hybridized carbons (Fsp3) is 0.700. The standard InChI is InChI=1S/C10H21N5/c1-14(2)6-4-9(12-11)8-10-5-7-15(3)13-10/h5,7,9,12H,4,6,8,11H2,1-3H3. The average molecular weight is 211 g/mol. The smallest absolute Gasteiger partial charge is 0.0640 e. The average Bonchev–Trinajstić information content (AvgIpc) is 2.58. The highest BCUT2D eigenvalue weighted by molar-refractivity contribution is 5.01. The van der Waals surface area contributed by atoms with Crippen LogP contribution in [0.4, 0.5) is 0 Å². The first kappa shape index (κ1) is 12.2. The fourth-order valence-electron chi connectivity index (χ4n) is 1.48. The third kappa shape index (κ3) is 4.42. The molecule has 5 heteroatoms. The van der Waals surface area contributed by atoms with Crippen LogP contribution in [0.5, 0.6) is 0 Å². The zero-order valence-corrected chi connectivity index (χ0v) is 9.77. The first-order chi connectivity index (χ1) is 7.11. The molecule has 1 heterocycles. The van der Waals surface area contributed by atoms with Gasteiger partial charge in [-0.25, -0.2) is 0 Å². The zero-order chi connectivity index (χ0) is 11.3. The molecule has 0 spiro atoms. The summed E-state index contributed by atoms with van der Waals surface area (Å²) in [5.41, 5.74) is 3.92. The molecule has 5 nitrogen and oxygen atoms in total. The molecule has 86 valence electrons. The van der Waals surface area contributed by atoms with Crippen molar-refractivity contribution in [3.63, 3.8) is 0 Å². The maximum atomic E-state index is 5.51. The minimum absolute atomic E-state index is 0.294. The maximum Gasteiger partial charge on any atom is 0.0640 e. The van der Waals surface area contributed by atoms with Crippen molar-refractivity contribution in [3.05, 3.63) is 18.0 Å². The summed E-state index contributed by atoms with van der Waals surface area (Å²) in [7, 11) is 6.05. The van der Waals surface area contributed by atoms with Crippen molar-refractivity contribution in [2.24, 2.45) is 12.9 Å². The molecule has 0 saturated carbocycles. The Kier molecular flexibility index (Phi) is 4.74. The lowest BCUT2D eigenvalue weighted by atomic mass is 10.1. The number of aromatic nitrogens is 2. The molecule has 0 aliphatic rings. The van der Waals surface area contributed by atoms with E-state index in [1.165, 1.54) is 0 Å². The lowest BCUT2D eigenvalue weighted by Gasteiger charge is -2.17. The van der Waals surface area contributed by atoms with Crippen molar-refractivity contribution in [3.8, 4) is 0 Å². The van der Waals surface area contributed by atoms with E-state index in [9.17, 15) is 0 Å². The Morgan fingerprint density at radius 1 is 1.60 bits per heavy atom. The predicted molar refractivity (Wildman–Crippen MR) is 61.2 cm³/mol. The summed E-state index contributed by atoms with van der Waals surface area (Å²) in [6.07, 6.45) is 3.86. The van der Waals surface area contributed by atoms with E-state index in [4.69, 9.17) is 5.84 Å². The van der Waals surface area contributed by atoms with Gasteiger partial charge in [0.25, 0.3) is 0 Å². The number of hydrogen-bond donors (Lipinski definition) is 2. The van der Waals surface area contributed by atoms with Crippen LogP contribution in [0.3, 0.4) is 0 Å². The second kappa shape index (κ2) is 5.85. The Balaban J connectivity index is 2.39. The largest absolute Gasteiger partial charge is 0.309 e. The Morgan fingerprint density at radius 2 is 2.33 bits per heavy atom. The molecule has 1 aromatic heterocycles. The van der Waals surface area contributed by atoms with Gasteiger partial charge in [-0.15, -0.1) is 0 Å². The van der Waals surface area contributed by atoms with E-state index in [0.29, 0.717) is 6.04 Å². The molecule has 0 aliphatic heterocycles. The number of nitrogens with one attached hydrogen (secondary N) is 1. The zero-order valence-electron chi connectivity index (χ0n) is 9.77. The first-order valence-corrected chi connectivity index (χ1v) is 5.21. The third-order valence-electron chi connectivity index (χ3n) is 2.38. The van der Waals surface area contributed by atoms with Crippen molar-refractivity contribution in [1.29, 1.82) is 0 Å². The highest BCUT2D eigenvalue weighted by Gasteiger charge is 2.09. The summed E-state index contributed by atoms with van der Waals surface area (Å²) in [6.45, 7) is 1.03. The van der Waals surface area contributed by atoms with E-state index in [0.717, 1.165) is 25.1 Å². The van der Waals surface area contributed by atoms with Gasteiger partial charge in [-0.2, -0.15) is 5.10 Å². The maximum absolute atomic E-state index is 5.51. The van der Waals surface area contributed by atoms with Crippen LogP contribution in [0.25, 0.3) is 0 Å². The van der Waals surface area contributed by atoms with Crippen LogP contribution in [0, 0.1) is 0 Å². The van der Waals surface area contributed by atoms with Crippen molar-refractivity contribution in [2.75, 3.05) is 20.6 Å². The second-order valence-electron chi connectivity index (χ2n) is 4.14. The lowest BCUT2D eigenvalue weighted by Crippen LogP contribution is -2.39. The van der Waals surface area contributed by atoms with Gasteiger partial charge >= 0.3 is 0 Å². The number of hydrogen-bond acceptors (Lipinski definition) is 4. The van der Waals surface area contributed by atoms with Gasteiger partial charge in [0.2, 0.25) is 0 Å². The summed E-state index contributed by atoms with van der Waals surface area (Å²) in [4.78, 5) is 2.16. The SMILES string of the molecule is CN(C)CCC(Cc1ccn(C)n1)NN. The van der Waals surface area contributed by atoms with Crippen molar-refractivity contribution >= 4 is 0 Å². The molecule has 3 N–H and O–H groups in total. The quantitative estimate of drug-likeness (QED) is 0.503. The van der Waals surface area contributed by atoms with Crippen LogP contribution in [0.15, 0.2) is 12.3 Å². The minimum Gasteiger partial charge on any atom is -0.309 e. The molecule has 1 atom stereocenters. The molecule has 0 aromatic carbocycles. The number of aryl methyl sites for hydroxylation is 1. The molecule has 0 fully saturated rings. The lowest BCUT2D eigenvalue weighted by molar-refractivity contribution is 0.357. The van der Waals surface area contributed by atoms with Crippen LogP contribution in [-0.2, 0) is 13.5 Å². The van der Waals surface area contributed by atoms with Crippen molar-refractivity contribution in [2.45, 2.75) is 18.9 Å². The van der Waals surface area contributed by atoms with Gasteiger partial charge in [0.1, 0.15) is 0 Å². The molecule has 15 heavy (non-hydrogen) atoms. The molecular formula is C10H21N5. The van der Waals surface area contributed by atoms with Crippen LogP contribution in [-0.4, -0.2) is 41.4 Å². The van der Waals surface area contributed by atoms with E-state index in [1.54, 1.807) is 0 Å². The summed E-state index contributed by atoms with van der Waals surface area (Å²) >= 11 is 0. The molecular weight excluding hydrogens is 190 g/mol. The molecule has 0 amide bonds. The van der Waals surface area contributed by atoms with Gasteiger partial charge in [-0.05, 0) is 33.1 Å². The number of hydrazine groups is 1. The van der Waals surface area contributed by atoms with E-state index in [1.807, 2.05) is 24.0 Å². The third-order valence-corrected chi connectivity index (χ3v) is 2.38. The molecule has 0 radical (unpaired) electrons. The van der Waals surface area contributed by atoms with Gasteiger partial charge < -0.3 is 4.90 Å². The van der Waals surface area contributed by atoms with Gasteiger partial charge in [0, 0.05) is 25.7 Å². The molecule has 1 unspecified atom stereocenters. The van der Waals surface area contributed by atoms with Gasteiger partial charge in [-0.3, -0.25) is 16.0 Å². The number of nitrogens with two attached hydrogens (primary N) is 1. The number of nitrogens with zero attached hydrogens (tertiary/aromatic N) is 3.